The summed E-state index contributed by atoms with van der Waals surface area (Å²) in [6.45, 7) is 0.792. The summed E-state index contributed by atoms with van der Waals surface area (Å²) in [6, 6.07) is 10.5. The fraction of sp³-hybridized carbons (Fsp3) is 0.500. The summed E-state index contributed by atoms with van der Waals surface area (Å²) >= 11 is 0. The van der Waals surface area contributed by atoms with Crippen LogP contribution in [0.15, 0.2) is 30.3 Å². The molecule has 0 amide bonds. The second-order valence-electron chi connectivity index (χ2n) is 3.66. The largest absolute Gasteiger partial charge is 0.330 e. The predicted octanol–water partition coefficient (Wildman–Crippen LogP) is 2.21. The minimum atomic E-state index is 0.189. The van der Waals surface area contributed by atoms with Gasteiger partial charge in [0.25, 0.3) is 0 Å². The molecule has 0 spiro atoms. The summed E-state index contributed by atoms with van der Waals surface area (Å²) < 4.78 is 0. The quantitative estimate of drug-likeness (QED) is 0.679. The fourth-order valence-electron chi connectivity index (χ4n) is 1.55. The topological polar surface area (TPSA) is 52.0 Å². The van der Waals surface area contributed by atoms with E-state index in [4.69, 9.17) is 11.5 Å². The minimum absolute atomic E-state index is 0.189. The van der Waals surface area contributed by atoms with E-state index in [1.165, 1.54) is 18.4 Å². The zero-order valence-electron chi connectivity index (χ0n) is 8.65. The van der Waals surface area contributed by atoms with E-state index < -0.39 is 0 Å². The average Bonchev–Trinajstić information content (AvgIpc) is 2.25. The number of unbranched alkanes of at least 4 members (excludes halogenated alkanes) is 2. The summed E-state index contributed by atoms with van der Waals surface area (Å²) in [5.74, 6) is 0. The van der Waals surface area contributed by atoms with Crippen LogP contribution in [0.4, 0.5) is 0 Å². The molecule has 2 heteroatoms. The molecule has 0 heterocycles. The van der Waals surface area contributed by atoms with Crippen LogP contribution in [0.2, 0.25) is 0 Å². The second kappa shape index (κ2) is 6.57. The fourth-order valence-corrected chi connectivity index (χ4v) is 1.55. The third kappa shape index (κ3) is 3.90. The van der Waals surface area contributed by atoms with Crippen molar-refractivity contribution in [3.05, 3.63) is 35.9 Å². The average molecular weight is 192 g/mol. The van der Waals surface area contributed by atoms with Crippen LogP contribution in [0, 0.1) is 0 Å². The maximum absolute atomic E-state index is 6.05. The SMILES string of the molecule is NCCCCCC(N)c1ccccc1. The van der Waals surface area contributed by atoms with Crippen molar-refractivity contribution in [1.82, 2.24) is 0 Å². The van der Waals surface area contributed by atoms with Gasteiger partial charge in [0.2, 0.25) is 0 Å². The van der Waals surface area contributed by atoms with Gasteiger partial charge >= 0.3 is 0 Å². The number of nitrogens with two attached hydrogens (primary N) is 2. The van der Waals surface area contributed by atoms with Gasteiger partial charge in [-0.1, -0.05) is 43.2 Å². The van der Waals surface area contributed by atoms with Crippen molar-refractivity contribution in [2.24, 2.45) is 11.5 Å². The van der Waals surface area contributed by atoms with E-state index in [0.29, 0.717) is 0 Å². The molecule has 0 saturated carbocycles. The van der Waals surface area contributed by atoms with Crippen molar-refractivity contribution in [3.8, 4) is 0 Å². The van der Waals surface area contributed by atoms with Crippen molar-refractivity contribution in [2.75, 3.05) is 6.54 Å². The summed E-state index contributed by atoms with van der Waals surface area (Å²) in [6.07, 6.45) is 4.54. The van der Waals surface area contributed by atoms with Gasteiger partial charge in [-0.3, -0.25) is 0 Å². The van der Waals surface area contributed by atoms with Crippen molar-refractivity contribution in [3.63, 3.8) is 0 Å². The van der Waals surface area contributed by atoms with Crippen LogP contribution in [-0.4, -0.2) is 6.54 Å². The highest BCUT2D eigenvalue weighted by Crippen LogP contribution is 2.16. The van der Waals surface area contributed by atoms with Gasteiger partial charge in [-0.05, 0) is 24.9 Å². The molecule has 1 aromatic carbocycles. The molecule has 0 radical (unpaired) electrons. The van der Waals surface area contributed by atoms with Gasteiger partial charge in [-0.2, -0.15) is 0 Å². The molecule has 0 aliphatic carbocycles. The Hall–Kier alpha value is -0.860. The number of hydrogen-bond donors (Lipinski definition) is 2. The lowest BCUT2D eigenvalue weighted by atomic mass is 10.0. The Kier molecular flexibility index (Phi) is 5.27. The summed E-state index contributed by atoms with van der Waals surface area (Å²) in [5.41, 5.74) is 12.7. The van der Waals surface area contributed by atoms with Crippen LogP contribution in [0.3, 0.4) is 0 Å². The smallest absolute Gasteiger partial charge is 0.0294 e. The maximum atomic E-state index is 6.05. The molecule has 0 aromatic heterocycles. The zero-order valence-corrected chi connectivity index (χ0v) is 8.65. The van der Waals surface area contributed by atoms with Crippen molar-refractivity contribution in [2.45, 2.75) is 31.7 Å². The van der Waals surface area contributed by atoms with Crippen LogP contribution in [0.1, 0.15) is 37.3 Å². The van der Waals surface area contributed by atoms with Crippen LogP contribution in [0.25, 0.3) is 0 Å². The first kappa shape index (κ1) is 11.2. The highest BCUT2D eigenvalue weighted by atomic mass is 14.6. The van der Waals surface area contributed by atoms with E-state index in [1.807, 2.05) is 18.2 Å². The van der Waals surface area contributed by atoms with E-state index >= 15 is 0 Å². The first-order valence-electron chi connectivity index (χ1n) is 5.35. The van der Waals surface area contributed by atoms with E-state index in [2.05, 4.69) is 12.1 Å². The molecule has 14 heavy (non-hydrogen) atoms. The lowest BCUT2D eigenvalue weighted by Gasteiger charge is -2.11. The minimum Gasteiger partial charge on any atom is -0.330 e. The van der Waals surface area contributed by atoms with E-state index in [9.17, 15) is 0 Å². The molecule has 0 aliphatic heterocycles. The molecular formula is C12H20N2. The molecule has 1 rings (SSSR count). The molecular weight excluding hydrogens is 172 g/mol. The molecule has 0 aliphatic rings. The van der Waals surface area contributed by atoms with Crippen molar-refractivity contribution >= 4 is 0 Å². The standard InChI is InChI=1S/C12H20N2/c13-10-6-2-5-9-12(14)11-7-3-1-4-8-11/h1,3-4,7-8,12H,2,5-6,9-10,13-14H2. The molecule has 78 valence electrons. The third-order valence-corrected chi connectivity index (χ3v) is 2.45. The Labute approximate surface area is 86.3 Å². The van der Waals surface area contributed by atoms with Crippen LogP contribution >= 0.6 is 0 Å². The second-order valence-corrected chi connectivity index (χ2v) is 3.66. The van der Waals surface area contributed by atoms with Gasteiger partial charge < -0.3 is 11.5 Å². The molecule has 1 unspecified atom stereocenters. The highest BCUT2D eigenvalue weighted by molar-refractivity contribution is 5.18. The molecule has 2 nitrogen and oxygen atoms in total. The third-order valence-electron chi connectivity index (χ3n) is 2.45. The highest BCUT2D eigenvalue weighted by Gasteiger charge is 2.03. The van der Waals surface area contributed by atoms with Crippen molar-refractivity contribution in [1.29, 1.82) is 0 Å². The van der Waals surface area contributed by atoms with Gasteiger partial charge in [0.1, 0.15) is 0 Å². The van der Waals surface area contributed by atoms with Gasteiger partial charge in [-0.15, -0.1) is 0 Å². The van der Waals surface area contributed by atoms with E-state index in [-0.39, 0.29) is 6.04 Å². The Balaban J connectivity index is 2.25. The Bertz CT molecular complexity index is 233. The van der Waals surface area contributed by atoms with Crippen LogP contribution in [-0.2, 0) is 0 Å². The Morgan fingerprint density at radius 2 is 1.71 bits per heavy atom. The van der Waals surface area contributed by atoms with E-state index in [1.54, 1.807) is 0 Å². The summed E-state index contributed by atoms with van der Waals surface area (Å²) in [5, 5.41) is 0. The molecule has 0 fully saturated rings. The Morgan fingerprint density at radius 1 is 1.00 bits per heavy atom. The number of benzene rings is 1. The number of rotatable bonds is 6. The maximum Gasteiger partial charge on any atom is 0.0294 e. The van der Waals surface area contributed by atoms with Gasteiger partial charge in [0.15, 0.2) is 0 Å². The molecule has 0 saturated heterocycles. The number of hydrogen-bond acceptors (Lipinski definition) is 2. The molecule has 1 atom stereocenters. The van der Waals surface area contributed by atoms with E-state index in [0.717, 1.165) is 19.4 Å². The van der Waals surface area contributed by atoms with Crippen LogP contribution < -0.4 is 11.5 Å². The summed E-state index contributed by atoms with van der Waals surface area (Å²) in [7, 11) is 0. The predicted molar refractivity (Wildman–Crippen MR) is 60.9 cm³/mol. The van der Waals surface area contributed by atoms with Crippen LogP contribution in [0.5, 0.6) is 0 Å². The lowest BCUT2D eigenvalue weighted by molar-refractivity contribution is 0.573. The molecule has 0 bridgehead atoms. The van der Waals surface area contributed by atoms with Gasteiger partial charge in [-0.25, -0.2) is 0 Å². The first-order valence-corrected chi connectivity index (χ1v) is 5.35. The monoisotopic (exact) mass is 192 g/mol. The normalized spacial score (nSPS) is 12.7. The lowest BCUT2D eigenvalue weighted by Crippen LogP contribution is -2.10. The first-order chi connectivity index (χ1) is 6.84. The summed E-state index contributed by atoms with van der Waals surface area (Å²) in [4.78, 5) is 0. The Morgan fingerprint density at radius 3 is 2.36 bits per heavy atom. The van der Waals surface area contributed by atoms with Gasteiger partial charge in [0, 0.05) is 6.04 Å². The van der Waals surface area contributed by atoms with Crippen molar-refractivity contribution < 1.29 is 0 Å². The molecule has 1 aromatic rings. The van der Waals surface area contributed by atoms with Gasteiger partial charge in [0.05, 0.1) is 0 Å². The molecule has 4 N–H and O–H groups in total. The zero-order chi connectivity index (χ0) is 10.2.